The monoisotopic (exact) mass is 492 g/mol. The summed E-state index contributed by atoms with van der Waals surface area (Å²) in [6, 6.07) is 6.60. The Morgan fingerprint density at radius 3 is 2.57 bits per heavy atom. The highest BCUT2D eigenvalue weighted by atomic mass is 16.5. The van der Waals surface area contributed by atoms with E-state index in [9.17, 15) is 19.8 Å². The van der Waals surface area contributed by atoms with Crippen LogP contribution in [0.1, 0.15) is 37.9 Å². The third kappa shape index (κ3) is 12.7. The van der Waals surface area contributed by atoms with Crippen molar-refractivity contribution < 1.29 is 34.4 Å². The Morgan fingerprint density at radius 2 is 1.97 bits per heavy atom. The number of amides is 1. The van der Waals surface area contributed by atoms with Gasteiger partial charge in [-0.05, 0) is 31.0 Å². The number of rotatable bonds is 7. The minimum Gasteiger partial charge on any atom is -0.482 e. The molecule has 0 saturated carbocycles. The van der Waals surface area contributed by atoms with Gasteiger partial charge in [-0.3, -0.25) is 9.78 Å². The topological polar surface area (TPSA) is 177 Å². The lowest BCUT2D eigenvalue weighted by atomic mass is 10.0. The molecule has 3 unspecified atom stereocenters. The summed E-state index contributed by atoms with van der Waals surface area (Å²) in [5, 5.41) is 30.6. The molecule has 0 radical (unpaired) electrons. The maximum absolute atomic E-state index is 12.0. The number of anilines is 1. The van der Waals surface area contributed by atoms with Gasteiger partial charge in [-0.25, -0.2) is 9.78 Å². The first kappa shape index (κ1) is 29.8. The van der Waals surface area contributed by atoms with Crippen LogP contribution in [-0.4, -0.2) is 75.2 Å². The number of ether oxygens (including phenoxy) is 2. The fourth-order valence-electron chi connectivity index (χ4n) is 2.87. The molecule has 1 aliphatic heterocycles. The van der Waals surface area contributed by atoms with Gasteiger partial charge < -0.3 is 35.8 Å². The molecule has 35 heavy (non-hydrogen) atoms. The van der Waals surface area contributed by atoms with Gasteiger partial charge in [0, 0.05) is 19.3 Å². The van der Waals surface area contributed by atoms with Crippen molar-refractivity contribution in [3.63, 3.8) is 0 Å². The van der Waals surface area contributed by atoms with E-state index in [-0.39, 0.29) is 18.9 Å². The van der Waals surface area contributed by atoms with Crippen LogP contribution in [0.3, 0.4) is 0 Å². The molecule has 194 valence electrons. The van der Waals surface area contributed by atoms with Gasteiger partial charge in [-0.2, -0.15) is 0 Å². The number of nitrogen functional groups attached to an aromatic ring is 1. The lowest BCUT2D eigenvalue weighted by Gasteiger charge is -2.32. The first-order valence-electron chi connectivity index (χ1n) is 11.4. The molecule has 1 aromatic carbocycles. The van der Waals surface area contributed by atoms with Crippen LogP contribution in [0.2, 0.25) is 0 Å². The Hall–Kier alpha value is -3.28. The molecule has 1 aliphatic rings. The molecule has 11 heteroatoms. The van der Waals surface area contributed by atoms with Crippen LogP contribution in [0.15, 0.2) is 36.7 Å². The zero-order valence-electron chi connectivity index (χ0n) is 20.4. The summed E-state index contributed by atoms with van der Waals surface area (Å²) in [6.45, 7) is 6.09. The van der Waals surface area contributed by atoms with Crippen LogP contribution < -0.4 is 15.8 Å². The van der Waals surface area contributed by atoms with Crippen molar-refractivity contribution in [3.05, 3.63) is 47.9 Å². The molecule has 1 fully saturated rings. The maximum atomic E-state index is 12.0. The van der Waals surface area contributed by atoms with Gasteiger partial charge in [-0.15, -0.1) is 0 Å². The number of carboxylic acids is 1. The molecule has 0 bridgehead atoms. The Labute approximate surface area is 205 Å². The molecule has 2 heterocycles. The molecular weight excluding hydrogens is 456 g/mol. The number of carbonyl (C=O) groups excluding carboxylic acids is 1. The quantitative estimate of drug-likeness (QED) is 0.376. The lowest BCUT2D eigenvalue weighted by molar-refractivity contribution is -0.139. The van der Waals surface area contributed by atoms with E-state index in [4.69, 9.17) is 20.3 Å². The van der Waals surface area contributed by atoms with Gasteiger partial charge in [0.1, 0.15) is 23.8 Å². The average Bonchev–Trinajstić information content (AvgIpc) is 2.80. The summed E-state index contributed by atoms with van der Waals surface area (Å²) in [4.78, 5) is 30.1. The molecule has 11 nitrogen and oxygen atoms in total. The van der Waals surface area contributed by atoms with Crippen LogP contribution in [0.25, 0.3) is 0 Å². The summed E-state index contributed by atoms with van der Waals surface area (Å²) < 4.78 is 10.4. The third-order valence-electron chi connectivity index (χ3n) is 4.42. The average molecular weight is 493 g/mol. The van der Waals surface area contributed by atoms with E-state index >= 15 is 0 Å². The largest absolute Gasteiger partial charge is 0.482 e. The normalized spacial score (nSPS) is 18.7. The Bertz CT molecular complexity index is 896. The number of hydrogen-bond donors (Lipinski definition) is 5. The minimum absolute atomic E-state index is 0.0790. The number of benzene rings is 1. The van der Waals surface area contributed by atoms with Crippen LogP contribution in [-0.2, 0) is 20.7 Å². The molecule has 2 aromatic rings. The van der Waals surface area contributed by atoms with Gasteiger partial charge in [0.15, 0.2) is 6.61 Å². The van der Waals surface area contributed by atoms with E-state index in [1.54, 1.807) is 30.5 Å². The molecule has 3 atom stereocenters. The van der Waals surface area contributed by atoms with E-state index in [0.29, 0.717) is 30.2 Å². The standard InChI is InChI=1S/C16H21NO7.C5H7N3.C3H8/c18-12-4-5-23-13(16(12)22)8-17-14(19)7-10-2-1-3-11(6-10)24-9-15(20)21;1-4-2-7-3-5(6)8-4;1-3-2/h1-3,6,12-13,16,18,22H,4-5,7-9H2,(H,17,19)(H,20,21);2-3H,1H3,(H2,6,8);3H2,1-2H3. The van der Waals surface area contributed by atoms with Crippen molar-refractivity contribution in [2.45, 2.75) is 58.3 Å². The van der Waals surface area contributed by atoms with Gasteiger partial charge in [0.05, 0.1) is 24.4 Å². The predicted molar refractivity (Wildman–Crippen MR) is 130 cm³/mol. The number of hydrogen-bond acceptors (Lipinski definition) is 9. The fourth-order valence-corrected chi connectivity index (χ4v) is 2.87. The Balaban J connectivity index is 0.000000461. The minimum atomic E-state index is -1.08. The number of nitrogens with one attached hydrogen (secondary N) is 1. The van der Waals surface area contributed by atoms with Crippen LogP contribution in [0, 0.1) is 6.92 Å². The van der Waals surface area contributed by atoms with Crippen molar-refractivity contribution in [2.75, 3.05) is 25.5 Å². The van der Waals surface area contributed by atoms with E-state index in [0.717, 1.165) is 5.69 Å². The molecule has 6 N–H and O–H groups in total. The van der Waals surface area contributed by atoms with E-state index < -0.39 is 30.9 Å². The number of nitrogens with two attached hydrogens (primary N) is 1. The second-order valence-corrected chi connectivity index (χ2v) is 7.86. The molecule has 3 rings (SSSR count). The van der Waals surface area contributed by atoms with Crippen molar-refractivity contribution in [2.24, 2.45) is 0 Å². The molecular formula is C24H36N4O7. The number of aliphatic hydroxyl groups is 2. The number of aromatic nitrogens is 2. The van der Waals surface area contributed by atoms with E-state index in [1.807, 2.05) is 6.92 Å². The van der Waals surface area contributed by atoms with Crippen molar-refractivity contribution in [3.8, 4) is 5.75 Å². The summed E-state index contributed by atoms with van der Waals surface area (Å²) in [7, 11) is 0. The first-order chi connectivity index (χ1) is 16.7. The summed E-state index contributed by atoms with van der Waals surface area (Å²) >= 11 is 0. The highest BCUT2D eigenvalue weighted by molar-refractivity contribution is 5.78. The van der Waals surface area contributed by atoms with Gasteiger partial charge in [-0.1, -0.05) is 32.4 Å². The second kappa shape index (κ2) is 16.4. The van der Waals surface area contributed by atoms with Crippen molar-refractivity contribution in [1.82, 2.24) is 15.3 Å². The van der Waals surface area contributed by atoms with Gasteiger partial charge in [0.25, 0.3) is 0 Å². The highest BCUT2D eigenvalue weighted by Gasteiger charge is 2.31. The van der Waals surface area contributed by atoms with Crippen LogP contribution in [0.4, 0.5) is 5.82 Å². The molecule has 0 spiro atoms. The SMILES string of the molecule is CCC.Cc1cncc(N)n1.O=C(O)COc1cccc(CC(=O)NCC2OCCC(O)C2O)c1. The van der Waals surface area contributed by atoms with E-state index in [1.165, 1.54) is 12.6 Å². The van der Waals surface area contributed by atoms with Crippen molar-refractivity contribution in [1.29, 1.82) is 0 Å². The lowest BCUT2D eigenvalue weighted by Crippen LogP contribution is -2.50. The summed E-state index contributed by atoms with van der Waals surface area (Å²) in [5.74, 6) is -0.505. The predicted octanol–water partition coefficient (Wildman–Crippen LogP) is 1.10. The number of aliphatic hydroxyl groups excluding tert-OH is 2. The molecule has 1 aromatic heterocycles. The van der Waals surface area contributed by atoms with E-state index in [2.05, 4.69) is 29.1 Å². The molecule has 1 amide bonds. The third-order valence-corrected chi connectivity index (χ3v) is 4.42. The summed E-state index contributed by atoms with van der Waals surface area (Å²) in [6.07, 6.45) is 2.38. The zero-order chi connectivity index (χ0) is 26.2. The molecule has 0 aliphatic carbocycles. The second-order valence-electron chi connectivity index (χ2n) is 7.86. The van der Waals surface area contributed by atoms with Crippen LogP contribution in [0.5, 0.6) is 5.75 Å². The number of aliphatic carboxylic acids is 1. The smallest absolute Gasteiger partial charge is 0.341 e. The number of nitrogens with zero attached hydrogens (tertiary/aromatic N) is 2. The van der Waals surface area contributed by atoms with Gasteiger partial charge in [0.2, 0.25) is 5.91 Å². The fraction of sp³-hybridized carbons (Fsp3) is 0.500. The number of aryl methyl sites for hydroxylation is 1. The Morgan fingerprint density at radius 1 is 1.26 bits per heavy atom. The number of carbonyl (C=O) groups is 2. The highest BCUT2D eigenvalue weighted by Crippen LogP contribution is 2.15. The maximum Gasteiger partial charge on any atom is 0.341 e. The first-order valence-corrected chi connectivity index (χ1v) is 11.4. The zero-order valence-corrected chi connectivity index (χ0v) is 20.4. The summed E-state index contributed by atoms with van der Waals surface area (Å²) in [5.41, 5.74) is 6.80. The van der Waals surface area contributed by atoms with Crippen molar-refractivity contribution >= 4 is 17.7 Å². The van der Waals surface area contributed by atoms with Gasteiger partial charge >= 0.3 is 5.97 Å². The molecule has 1 saturated heterocycles. The van der Waals surface area contributed by atoms with Crippen LogP contribution >= 0.6 is 0 Å². The Kier molecular flexibility index (Phi) is 13.9. The number of carboxylic acid groups (broad SMARTS) is 1.